The van der Waals surface area contributed by atoms with Crippen molar-refractivity contribution in [3.8, 4) is 22.4 Å². The first-order chi connectivity index (χ1) is 12.6. The first kappa shape index (κ1) is 18.0. The number of carbonyl (C=O) groups excluding carboxylic acids is 1. The second kappa shape index (κ2) is 7.61. The minimum atomic E-state index is -0.372. The molecule has 2 N–H and O–H groups in total. The van der Waals surface area contributed by atoms with Crippen molar-refractivity contribution in [2.75, 3.05) is 0 Å². The highest BCUT2D eigenvalue weighted by atomic mass is 16.1. The van der Waals surface area contributed by atoms with E-state index in [-0.39, 0.29) is 5.91 Å². The van der Waals surface area contributed by atoms with Crippen LogP contribution in [-0.4, -0.2) is 10.5 Å². The molecule has 0 aliphatic heterocycles. The Bertz CT molecular complexity index is 891. The summed E-state index contributed by atoms with van der Waals surface area (Å²) in [7, 11) is 0. The van der Waals surface area contributed by atoms with Crippen LogP contribution in [0.25, 0.3) is 22.4 Å². The Labute approximate surface area is 155 Å². The van der Waals surface area contributed by atoms with Crippen LogP contribution >= 0.6 is 0 Å². The Hall–Kier alpha value is -2.81. The number of nitrogens with zero attached hydrogens (tertiary/aromatic N) is 1. The summed E-state index contributed by atoms with van der Waals surface area (Å²) in [4.78, 5) is 12.4. The number of hydrogen-bond donors (Lipinski definition) is 1. The van der Waals surface area contributed by atoms with Crippen LogP contribution in [0.2, 0.25) is 0 Å². The van der Waals surface area contributed by atoms with E-state index < -0.39 is 0 Å². The van der Waals surface area contributed by atoms with Crippen LogP contribution < -0.4 is 5.73 Å². The average molecular weight is 346 g/mol. The first-order valence-electron chi connectivity index (χ1n) is 9.25. The van der Waals surface area contributed by atoms with Crippen LogP contribution in [0.15, 0.2) is 60.7 Å². The molecule has 0 fully saturated rings. The van der Waals surface area contributed by atoms with Gasteiger partial charge in [-0.15, -0.1) is 0 Å². The van der Waals surface area contributed by atoms with Gasteiger partial charge in [0.1, 0.15) is 0 Å². The number of aromatic nitrogens is 1. The maximum Gasteiger partial charge on any atom is 0.251 e. The van der Waals surface area contributed by atoms with Crippen LogP contribution in [0, 0.1) is 6.92 Å². The molecule has 3 heteroatoms. The summed E-state index contributed by atoms with van der Waals surface area (Å²) in [5.41, 5.74) is 11.6. The van der Waals surface area contributed by atoms with Gasteiger partial charge < -0.3 is 10.3 Å². The Morgan fingerprint density at radius 1 is 0.923 bits per heavy atom. The number of amides is 1. The quantitative estimate of drug-likeness (QED) is 0.621. The molecule has 3 rings (SSSR count). The maximum absolute atomic E-state index is 12.4. The summed E-state index contributed by atoms with van der Waals surface area (Å²) in [6.45, 7) is 6.39. The second-order valence-electron chi connectivity index (χ2n) is 6.62. The number of rotatable bonds is 6. The van der Waals surface area contributed by atoms with Gasteiger partial charge in [-0.2, -0.15) is 0 Å². The lowest BCUT2D eigenvalue weighted by molar-refractivity contribution is 0.1000. The Morgan fingerprint density at radius 2 is 1.42 bits per heavy atom. The van der Waals surface area contributed by atoms with Gasteiger partial charge in [-0.1, -0.05) is 74.5 Å². The Balaban J connectivity index is 2.45. The van der Waals surface area contributed by atoms with Crippen molar-refractivity contribution in [3.63, 3.8) is 0 Å². The molecule has 3 nitrogen and oxygen atoms in total. The summed E-state index contributed by atoms with van der Waals surface area (Å²) in [6, 6.07) is 20.7. The smallest absolute Gasteiger partial charge is 0.251 e. The minimum Gasteiger partial charge on any atom is -0.366 e. The maximum atomic E-state index is 12.4. The predicted octanol–water partition coefficient (Wildman–Crippen LogP) is 5.59. The number of hydrogen-bond acceptors (Lipinski definition) is 1. The number of primary amides is 1. The largest absolute Gasteiger partial charge is 0.366 e. The van der Waals surface area contributed by atoms with E-state index in [1.54, 1.807) is 0 Å². The van der Waals surface area contributed by atoms with Gasteiger partial charge >= 0.3 is 0 Å². The van der Waals surface area contributed by atoms with E-state index >= 15 is 0 Å². The molecular weight excluding hydrogens is 320 g/mol. The molecule has 0 aliphatic carbocycles. The van der Waals surface area contributed by atoms with Crippen LogP contribution in [0.5, 0.6) is 0 Å². The lowest BCUT2D eigenvalue weighted by atomic mass is 9.96. The Kier molecular flexibility index (Phi) is 5.27. The third-order valence-electron chi connectivity index (χ3n) is 5.11. The van der Waals surface area contributed by atoms with Crippen LogP contribution in [-0.2, 0) is 0 Å². The average Bonchev–Trinajstić information content (AvgIpc) is 2.98. The van der Waals surface area contributed by atoms with Gasteiger partial charge in [-0.3, -0.25) is 4.79 Å². The molecule has 1 aromatic heterocycles. The van der Waals surface area contributed by atoms with Crippen molar-refractivity contribution in [2.24, 2.45) is 5.73 Å². The molecule has 1 amide bonds. The normalized spacial score (nSPS) is 11.1. The molecule has 0 saturated heterocycles. The van der Waals surface area contributed by atoms with Crippen molar-refractivity contribution in [1.29, 1.82) is 0 Å². The van der Waals surface area contributed by atoms with Crippen molar-refractivity contribution in [1.82, 2.24) is 4.57 Å². The van der Waals surface area contributed by atoms with Gasteiger partial charge in [0, 0.05) is 17.3 Å². The van der Waals surface area contributed by atoms with Crippen LogP contribution in [0.4, 0.5) is 0 Å². The molecule has 0 radical (unpaired) electrons. The van der Waals surface area contributed by atoms with E-state index in [0.717, 1.165) is 40.9 Å². The summed E-state index contributed by atoms with van der Waals surface area (Å²) < 4.78 is 2.32. The van der Waals surface area contributed by atoms with Crippen molar-refractivity contribution in [3.05, 3.63) is 71.9 Å². The standard InChI is InChI=1S/C23H26N2O/c1-4-19(5-2)25-16(3)20(23(24)26)21(17-12-8-6-9-13-17)22(25)18-14-10-7-11-15-18/h6-15,19H,4-5H2,1-3H3,(H2,24,26). The molecular formula is C23H26N2O. The molecule has 3 aromatic rings. The van der Waals surface area contributed by atoms with Crippen molar-refractivity contribution in [2.45, 2.75) is 39.7 Å². The zero-order valence-electron chi connectivity index (χ0n) is 15.7. The van der Waals surface area contributed by atoms with Crippen LogP contribution in [0.3, 0.4) is 0 Å². The molecule has 0 aliphatic rings. The summed E-state index contributed by atoms with van der Waals surface area (Å²) in [6.07, 6.45) is 2.00. The molecule has 0 bridgehead atoms. The van der Waals surface area contributed by atoms with Gasteiger partial charge in [0.25, 0.3) is 5.91 Å². The third kappa shape index (κ3) is 3.05. The van der Waals surface area contributed by atoms with E-state index in [0.29, 0.717) is 11.6 Å². The number of nitrogens with two attached hydrogens (primary N) is 1. The number of benzene rings is 2. The lowest BCUT2D eigenvalue weighted by Crippen LogP contribution is -2.15. The van der Waals surface area contributed by atoms with E-state index in [2.05, 4.69) is 30.5 Å². The van der Waals surface area contributed by atoms with Gasteiger partial charge in [0.05, 0.1) is 11.3 Å². The van der Waals surface area contributed by atoms with Gasteiger partial charge in [-0.25, -0.2) is 0 Å². The lowest BCUT2D eigenvalue weighted by Gasteiger charge is -2.22. The van der Waals surface area contributed by atoms with Crippen molar-refractivity contribution >= 4 is 5.91 Å². The Morgan fingerprint density at radius 3 is 1.88 bits per heavy atom. The highest BCUT2D eigenvalue weighted by Gasteiger charge is 2.27. The topological polar surface area (TPSA) is 48.0 Å². The first-order valence-corrected chi connectivity index (χ1v) is 9.25. The van der Waals surface area contributed by atoms with Gasteiger partial charge in [0.15, 0.2) is 0 Å². The van der Waals surface area contributed by atoms with Gasteiger partial charge in [0.2, 0.25) is 0 Å². The van der Waals surface area contributed by atoms with E-state index in [1.165, 1.54) is 0 Å². The molecule has 1 heterocycles. The van der Waals surface area contributed by atoms with E-state index in [1.807, 2.05) is 55.5 Å². The molecule has 0 saturated carbocycles. The summed E-state index contributed by atoms with van der Waals surface area (Å²) >= 11 is 0. The fourth-order valence-electron chi connectivity index (χ4n) is 3.88. The third-order valence-corrected chi connectivity index (χ3v) is 5.11. The highest BCUT2D eigenvalue weighted by Crippen LogP contribution is 2.41. The predicted molar refractivity (Wildman–Crippen MR) is 108 cm³/mol. The minimum absolute atomic E-state index is 0.320. The van der Waals surface area contributed by atoms with E-state index in [9.17, 15) is 4.79 Å². The molecule has 0 spiro atoms. The van der Waals surface area contributed by atoms with Gasteiger partial charge in [-0.05, 0) is 30.9 Å². The molecule has 26 heavy (non-hydrogen) atoms. The zero-order chi connectivity index (χ0) is 18.7. The second-order valence-corrected chi connectivity index (χ2v) is 6.62. The van der Waals surface area contributed by atoms with Crippen LogP contribution in [0.1, 0.15) is 48.8 Å². The molecule has 134 valence electrons. The monoisotopic (exact) mass is 346 g/mol. The highest BCUT2D eigenvalue weighted by molar-refractivity contribution is 6.05. The molecule has 0 unspecified atom stereocenters. The van der Waals surface area contributed by atoms with Crippen molar-refractivity contribution < 1.29 is 4.79 Å². The van der Waals surface area contributed by atoms with E-state index in [4.69, 9.17) is 5.73 Å². The zero-order valence-corrected chi connectivity index (χ0v) is 15.7. The SMILES string of the molecule is CCC(CC)n1c(C)c(C(N)=O)c(-c2ccccc2)c1-c1ccccc1. The molecule has 2 aromatic carbocycles. The summed E-state index contributed by atoms with van der Waals surface area (Å²) in [5, 5.41) is 0. The summed E-state index contributed by atoms with van der Waals surface area (Å²) in [5.74, 6) is -0.372. The fourth-order valence-corrected chi connectivity index (χ4v) is 3.88. The number of carbonyl (C=O) groups is 1. The molecule has 0 atom stereocenters. The fraction of sp³-hybridized carbons (Fsp3) is 0.261.